The molecule has 90 valence electrons. The van der Waals surface area contributed by atoms with Crippen molar-refractivity contribution in [1.29, 1.82) is 0 Å². The molecule has 4 nitrogen and oxygen atoms in total. The van der Waals surface area contributed by atoms with Crippen LogP contribution in [0.4, 0.5) is 0 Å². The molecule has 2 heterocycles. The summed E-state index contributed by atoms with van der Waals surface area (Å²) < 4.78 is 26.6. The number of hydrogen-bond donors (Lipinski definition) is 1. The largest absolute Gasteiger partial charge is 0.326 e. The Kier molecular flexibility index (Phi) is 3.63. The summed E-state index contributed by atoms with van der Waals surface area (Å²) in [6, 6.07) is 1.41. The van der Waals surface area contributed by atoms with E-state index < -0.39 is 10.0 Å². The Morgan fingerprint density at radius 3 is 2.75 bits per heavy atom. The van der Waals surface area contributed by atoms with Crippen LogP contribution in [0.2, 0.25) is 5.02 Å². The number of nitrogens with zero attached hydrogens (tertiary/aromatic N) is 1. The summed E-state index contributed by atoms with van der Waals surface area (Å²) in [5.74, 6) is 0. The predicted molar refractivity (Wildman–Crippen MR) is 68.4 cm³/mol. The van der Waals surface area contributed by atoms with Crippen LogP contribution in [0.5, 0.6) is 0 Å². The van der Waals surface area contributed by atoms with Gasteiger partial charge in [-0.1, -0.05) is 11.6 Å². The molecule has 0 radical (unpaired) electrons. The quantitative estimate of drug-likeness (QED) is 0.890. The summed E-state index contributed by atoms with van der Waals surface area (Å²) in [6.45, 7) is 0.867. The van der Waals surface area contributed by atoms with Gasteiger partial charge in [0, 0.05) is 19.1 Å². The van der Waals surface area contributed by atoms with Gasteiger partial charge in [0.15, 0.2) is 0 Å². The van der Waals surface area contributed by atoms with Gasteiger partial charge in [-0.15, -0.1) is 11.3 Å². The lowest BCUT2D eigenvalue weighted by Gasteiger charge is -2.13. The van der Waals surface area contributed by atoms with Gasteiger partial charge in [-0.3, -0.25) is 0 Å². The highest BCUT2D eigenvalue weighted by molar-refractivity contribution is 9.11. The Balaban J connectivity index is 2.32. The fourth-order valence-corrected chi connectivity index (χ4v) is 5.62. The second kappa shape index (κ2) is 4.55. The normalized spacial score (nSPS) is 22.8. The molecule has 0 amide bonds. The van der Waals surface area contributed by atoms with Gasteiger partial charge in [-0.25, -0.2) is 8.42 Å². The number of halogens is 2. The highest BCUT2D eigenvalue weighted by Gasteiger charge is 2.32. The molecule has 1 aliphatic rings. The molecular weight excluding hydrogens is 336 g/mol. The number of hydrogen-bond acceptors (Lipinski definition) is 4. The molecule has 0 saturated carbocycles. The van der Waals surface area contributed by atoms with E-state index in [2.05, 4.69) is 15.9 Å². The fourth-order valence-electron chi connectivity index (χ4n) is 1.55. The van der Waals surface area contributed by atoms with Gasteiger partial charge in [0.05, 0.1) is 8.81 Å². The van der Waals surface area contributed by atoms with Crippen molar-refractivity contribution in [3.8, 4) is 0 Å². The van der Waals surface area contributed by atoms with Gasteiger partial charge < -0.3 is 5.73 Å². The highest BCUT2D eigenvalue weighted by atomic mass is 79.9. The maximum absolute atomic E-state index is 12.1. The van der Waals surface area contributed by atoms with Crippen LogP contribution in [0.1, 0.15) is 6.42 Å². The number of thiophene rings is 1. The lowest BCUT2D eigenvalue weighted by Crippen LogP contribution is -2.31. The van der Waals surface area contributed by atoms with E-state index in [1.54, 1.807) is 0 Å². The zero-order valence-corrected chi connectivity index (χ0v) is 12.2. The minimum Gasteiger partial charge on any atom is -0.326 e. The zero-order chi connectivity index (χ0) is 11.9. The summed E-state index contributed by atoms with van der Waals surface area (Å²) in [7, 11) is -3.42. The molecule has 0 bridgehead atoms. The van der Waals surface area contributed by atoms with Gasteiger partial charge in [0.1, 0.15) is 4.21 Å². The Hall–Kier alpha value is 0.340. The fraction of sp³-hybridized carbons (Fsp3) is 0.500. The summed E-state index contributed by atoms with van der Waals surface area (Å²) in [5, 5.41) is 0.423. The minimum absolute atomic E-state index is 0.0614. The molecule has 0 spiro atoms. The predicted octanol–water partition coefficient (Wildman–Crippen LogP) is 1.89. The summed E-state index contributed by atoms with van der Waals surface area (Å²) in [5.41, 5.74) is 5.70. The average Bonchev–Trinajstić information content (AvgIpc) is 2.75. The average molecular weight is 346 g/mol. The third kappa shape index (κ3) is 2.30. The second-order valence-corrected chi connectivity index (χ2v) is 8.54. The van der Waals surface area contributed by atoms with E-state index in [1.807, 2.05) is 0 Å². The molecule has 2 N–H and O–H groups in total. The zero-order valence-electron chi connectivity index (χ0n) is 8.19. The van der Waals surface area contributed by atoms with Crippen molar-refractivity contribution in [1.82, 2.24) is 4.31 Å². The van der Waals surface area contributed by atoms with E-state index in [4.69, 9.17) is 17.3 Å². The van der Waals surface area contributed by atoms with E-state index in [0.29, 0.717) is 28.3 Å². The Morgan fingerprint density at radius 2 is 2.31 bits per heavy atom. The van der Waals surface area contributed by atoms with Crippen molar-refractivity contribution in [3.63, 3.8) is 0 Å². The summed E-state index contributed by atoms with van der Waals surface area (Å²) in [4.78, 5) is 0. The maximum Gasteiger partial charge on any atom is 0.252 e. The standard InChI is InChI=1S/C8H10BrClN2O2S2/c9-8-6(10)3-7(15-8)16(13,14)12-2-1-5(11)4-12/h3,5H,1-2,4,11H2/t5-/m1/s1. The molecule has 2 rings (SSSR count). The third-order valence-electron chi connectivity index (χ3n) is 2.40. The van der Waals surface area contributed by atoms with E-state index in [9.17, 15) is 8.42 Å². The minimum atomic E-state index is -3.42. The van der Waals surface area contributed by atoms with E-state index in [1.165, 1.54) is 10.4 Å². The lowest BCUT2D eigenvalue weighted by molar-refractivity contribution is 0.474. The van der Waals surface area contributed by atoms with E-state index in [0.717, 1.165) is 11.3 Å². The number of sulfonamides is 1. The van der Waals surface area contributed by atoms with Gasteiger partial charge in [0.2, 0.25) is 0 Å². The smallest absolute Gasteiger partial charge is 0.252 e. The molecule has 1 aromatic rings. The monoisotopic (exact) mass is 344 g/mol. The molecule has 1 aromatic heterocycles. The van der Waals surface area contributed by atoms with Crippen LogP contribution in [0, 0.1) is 0 Å². The van der Waals surface area contributed by atoms with Crippen LogP contribution in [0.3, 0.4) is 0 Å². The Bertz CT molecular complexity index is 483. The van der Waals surface area contributed by atoms with Gasteiger partial charge in [0.25, 0.3) is 10.0 Å². The molecule has 0 unspecified atom stereocenters. The molecule has 1 fully saturated rings. The van der Waals surface area contributed by atoms with Gasteiger partial charge >= 0.3 is 0 Å². The SMILES string of the molecule is N[C@@H]1CCN(S(=O)(=O)c2cc(Cl)c(Br)s2)C1. The first kappa shape index (κ1) is 12.8. The lowest BCUT2D eigenvalue weighted by atomic mass is 10.3. The molecule has 0 aliphatic carbocycles. The van der Waals surface area contributed by atoms with Crippen molar-refractivity contribution >= 4 is 48.9 Å². The van der Waals surface area contributed by atoms with Crippen LogP contribution in [0.25, 0.3) is 0 Å². The molecule has 1 atom stereocenters. The van der Waals surface area contributed by atoms with Gasteiger partial charge in [-0.05, 0) is 28.4 Å². The second-order valence-electron chi connectivity index (χ2n) is 3.60. The van der Waals surface area contributed by atoms with Gasteiger partial charge in [-0.2, -0.15) is 4.31 Å². The van der Waals surface area contributed by atoms with E-state index >= 15 is 0 Å². The van der Waals surface area contributed by atoms with Crippen LogP contribution in [0.15, 0.2) is 14.1 Å². The van der Waals surface area contributed by atoms with Crippen molar-refractivity contribution in [2.24, 2.45) is 5.73 Å². The van der Waals surface area contributed by atoms with E-state index in [-0.39, 0.29) is 10.3 Å². The first-order chi connectivity index (χ1) is 7.41. The molecule has 1 saturated heterocycles. The van der Waals surface area contributed by atoms with Crippen LogP contribution >= 0.6 is 38.9 Å². The topological polar surface area (TPSA) is 63.4 Å². The third-order valence-corrected chi connectivity index (χ3v) is 7.19. The molecule has 1 aliphatic heterocycles. The summed E-state index contributed by atoms with van der Waals surface area (Å²) >= 11 is 10.2. The molecular formula is C8H10BrClN2O2S2. The van der Waals surface area contributed by atoms with Crippen molar-refractivity contribution in [2.75, 3.05) is 13.1 Å². The van der Waals surface area contributed by atoms with Crippen LogP contribution < -0.4 is 5.73 Å². The first-order valence-electron chi connectivity index (χ1n) is 4.62. The Labute approximate surface area is 112 Å². The molecule has 8 heteroatoms. The van der Waals surface area contributed by atoms with Crippen molar-refractivity contribution in [2.45, 2.75) is 16.7 Å². The van der Waals surface area contributed by atoms with Crippen molar-refractivity contribution < 1.29 is 8.42 Å². The first-order valence-corrected chi connectivity index (χ1v) is 8.04. The molecule has 16 heavy (non-hydrogen) atoms. The number of nitrogens with two attached hydrogens (primary N) is 1. The highest BCUT2D eigenvalue weighted by Crippen LogP contribution is 2.36. The molecule has 0 aromatic carbocycles. The number of rotatable bonds is 2. The Morgan fingerprint density at radius 1 is 1.62 bits per heavy atom. The van der Waals surface area contributed by atoms with Crippen molar-refractivity contribution in [3.05, 3.63) is 14.9 Å². The van der Waals surface area contributed by atoms with Crippen LogP contribution in [-0.4, -0.2) is 31.9 Å². The maximum atomic E-state index is 12.1. The van der Waals surface area contributed by atoms with Crippen LogP contribution in [-0.2, 0) is 10.0 Å². The summed E-state index contributed by atoms with van der Waals surface area (Å²) in [6.07, 6.45) is 0.708.